The Bertz CT molecular complexity index is 618. The number of rotatable bonds is 6. The van der Waals surface area contributed by atoms with Crippen LogP contribution in [0.25, 0.3) is 0 Å². The van der Waals surface area contributed by atoms with Crippen molar-refractivity contribution < 1.29 is 4.79 Å². The molecule has 0 aliphatic heterocycles. The van der Waals surface area contributed by atoms with Crippen LogP contribution in [-0.2, 0) is 6.54 Å². The molecule has 0 fully saturated rings. The van der Waals surface area contributed by atoms with E-state index in [2.05, 4.69) is 15.7 Å². The van der Waals surface area contributed by atoms with E-state index in [4.69, 9.17) is 0 Å². The van der Waals surface area contributed by atoms with Gasteiger partial charge in [0.2, 0.25) is 0 Å². The van der Waals surface area contributed by atoms with Crippen LogP contribution in [0.2, 0.25) is 0 Å². The van der Waals surface area contributed by atoms with Gasteiger partial charge in [-0.05, 0) is 44.0 Å². The highest BCUT2D eigenvalue weighted by molar-refractivity contribution is 5.99. The van der Waals surface area contributed by atoms with E-state index in [1.54, 1.807) is 0 Å². The number of benzene rings is 1. The van der Waals surface area contributed by atoms with Crippen LogP contribution in [-0.4, -0.2) is 28.8 Å². The second-order valence-corrected chi connectivity index (χ2v) is 5.12. The van der Waals surface area contributed by atoms with Crippen LogP contribution < -0.4 is 10.6 Å². The molecule has 5 nitrogen and oxygen atoms in total. The highest BCUT2D eigenvalue weighted by Crippen LogP contribution is 2.17. The van der Waals surface area contributed by atoms with Gasteiger partial charge in [-0.15, -0.1) is 0 Å². The van der Waals surface area contributed by atoms with Crippen LogP contribution in [0.5, 0.6) is 0 Å². The Morgan fingerprint density at radius 2 is 2.10 bits per heavy atom. The first-order valence-electron chi connectivity index (χ1n) is 7.22. The topological polar surface area (TPSA) is 59.0 Å². The van der Waals surface area contributed by atoms with Crippen molar-refractivity contribution in [2.45, 2.75) is 27.3 Å². The third kappa shape index (κ3) is 4.08. The van der Waals surface area contributed by atoms with E-state index in [1.165, 1.54) is 0 Å². The number of nitrogens with one attached hydrogen (secondary N) is 2. The predicted molar refractivity (Wildman–Crippen MR) is 84.6 cm³/mol. The van der Waals surface area contributed by atoms with Crippen molar-refractivity contribution >= 4 is 11.6 Å². The van der Waals surface area contributed by atoms with Crippen molar-refractivity contribution in [2.24, 2.45) is 0 Å². The summed E-state index contributed by atoms with van der Waals surface area (Å²) < 4.78 is 1.83. The minimum Gasteiger partial charge on any atom is -0.385 e. The molecule has 21 heavy (non-hydrogen) atoms. The fourth-order valence-electron chi connectivity index (χ4n) is 2.16. The number of hydrogen-bond acceptors (Lipinski definition) is 3. The van der Waals surface area contributed by atoms with Crippen LogP contribution >= 0.6 is 0 Å². The van der Waals surface area contributed by atoms with Gasteiger partial charge >= 0.3 is 0 Å². The summed E-state index contributed by atoms with van der Waals surface area (Å²) in [6, 6.07) is 5.81. The summed E-state index contributed by atoms with van der Waals surface area (Å²) in [6.07, 6.45) is 3.77. The summed E-state index contributed by atoms with van der Waals surface area (Å²) in [5.74, 6) is -0.0603. The van der Waals surface area contributed by atoms with Crippen molar-refractivity contribution in [2.75, 3.05) is 18.4 Å². The van der Waals surface area contributed by atoms with Crippen LogP contribution in [0.15, 0.2) is 30.6 Å². The van der Waals surface area contributed by atoms with Gasteiger partial charge in [0.1, 0.15) is 0 Å². The molecule has 112 valence electrons. The van der Waals surface area contributed by atoms with Crippen molar-refractivity contribution in [3.05, 3.63) is 47.3 Å². The molecule has 0 spiro atoms. The smallest absolute Gasteiger partial charge is 0.253 e. The lowest BCUT2D eigenvalue weighted by Crippen LogP contribution is -2.28. The molecule has 1 aromatic carbocycles. The zero-order valence-corrected chi connectivity index (χ0v) is 12.8. The molecule has 2 aromatic rings. The van der Waals surface area contributed by atoms with Gasteiger partial charge in [-0.1, -0.05) is 6.07 Å². The molecule has 0 unspecified atom stereocenters. The lowest BCUT2D eigenvalue weighted by atomic mass is 10.1. The van der Waals surface area contributed by atoms with Crippen LogP contribution in [0.3, 0.4) is 0 Å². The first-order valence-corrected chi connectivity index (χ1v) is 7.22. The lowest BCUT2D eigenvalue weighted by Gasteiger charge is -2.12. The van der Waals surface area contributed by atoms with E-state index in [0.717, 1.165) is 23.4 Å². The fraction of sp³-hybridized carbons (Fsp3) is 0.375. The summed E-state index contributed by atoms with van der Waals surface area (Å²) in [5, 5.41) is 10.4. The van der Waals surface area contributed by atoms with Crippen molar-refractivity contribution in [1.29, 1.82) is 0 Å². The predicted octanol–water partition coefficient (Wildman–Crippen LogP) is 2.36. The summed E-state index contributed by atoms with van der Waals surface area (Å²) in [5.41, 5.74) is 3.81. The van der Waals surface area contributed by atoms with E-state index < -0.39 is 0 Å². The average Bonchev–Trinajstić information content (AvgIpc) is 2.85. The van der Waals surface area contributed by atoms with E-state index in [0.29, 0.717) is 18.7 Å². The number of nitrogens with zero attached hydrogens (tertiary/aromatic N) is 2. The van der Waals surface area contributed by atoms with E-state index in [9.17, 15) is 4.79 Å². The standard InChI is InChI=1S/C16H22N4O/c1-4-17-15-9-12(2)5-6-14(15)16(21)18-7-8-20-11-13(3)10-19-20/h5-6,9-11,17H,4,7-8H2,1-3H3,(H,18,21). The minimum absolute atomic E-state index is 0.0603. The summed E-state index contributed by atoms with van der Waals surface area (Å²) in [7, 11) is 0. The number of aromatic nitrogens is 2. The van der Waals surface area contributed by atoms with Crippen LogP contribution in [0, 0.1) is 13.8 Å². The maximum absolute atomic E-state index is 12.3. The lowest BCUT2D eigenvalue weighted by molar-refractivity contribution is 0.0952. The Labute approximate surface area is 125 Å². The summed E-state index contributed by atoms with van der Waals surface area (Å²) in [4.78, 5) is 12.3. The quantitative estimate of drug-likeness (QED) is 0.857. The Hall–Kier alpha value is -2.30. The van der Waals surface area contributed by atoms with Gasteiger partial charge in [-0.25, -0.2) is 0 Å². The normalized spacial score (nSPS) is 10.4. The molecule has 0 aliphatic carbocycles. The van der Waals surface area contributed by atoms with Crippen LogP contribution in [0.1, 0.15) is 28.4 Å². The molecule has 0 aliphatic rings. The van der Waals surface area contributed by atoms with Crippen molar-refractivity contribution in [1.82, 2.24) is 15.1 Å². The zero-order chi connectivity index (χ0) is 15.2. The number of aryl methyl sites for hydroxylation is 2. The van der Waals surface area contributed by atoms with Gasteiger partial charge in [0.25, 0.3) is 5.91 Å². The van der Waals surface area contributed by atoms with Gasteiger partial charge in [0.05, 0.1) is 18.3 Å². The molecule has 1 heterocycles. The van der Waals surface area contributed by atoms with Crippen molar-refractivity contribution in [3.8, 4) is 0 Å². The van der Waals surface area contributed by atoms with E-state index in [-0.39, 0.29) is 5.91 Å². The molecule has 0 bridgehead atoms. The summed E-state index contributed by atoms with van der Waals surface area (Å²) in [6.45, 7) is 8.04. The molecule has 0 atom stereocenters. The van der Waals surface area contributed by atoms with Crippen LogP contribution in [0.4, 0.5) is 5.69 Å². The monoisotopic (exact) mass is 286 g/mol. The SMILES string of the molecule is CCNc1cc(C)ccc1C(=O)NCCn1cc(C)cn1. The number of hydrogen-bond donors (Lipinski definition) is 2. The van der Waals surface area contributed by atoms with Gasteiger partial charge in [-0.3, -0.25) is 9.48 Å². The van der Waals surface area contributed by atoms with Gasteiger partial charge in [-0.2, -0.15) is 5.10 Å². The maximum Gasteiger partial charge on any atom is 0.253 e. The Morgan fingerprint density at radius 3 is 2.76 bits per heavy atom. The second kappa shape index (κ2) is 6.92. The van der Waals surface area contributed by atoms with Gasteiger partial charge in [0.15, 0.2) is 0 Å². The number of amides is 1. The van der Waals surface area contributed by atoms with Crippen molar-refractivity contribution in [3.63, 3.8) is 0 Å². The van der Waals surface area contributed by atoms with Gasteiger partial charge in [0, 0.05) is 25.0 Å². The van der Waals surface area contributed by atoms with E-state index >= 15 is 0 Å². The second-order valence-electron chi connectivity index (χ2n) is 5.12. The molecule has 0 radical (unpaired) electrons. The largest absolute Gasteiger partial charge is 0.385 e. The molecule has 0 saturated carbocycles. The molecule has 1 amide bonds. The number of anilines is 1. The Morgan fingerprint density at radius 1 is 1.29 bits per heavy atom. The Kier molecular flexibility index (Phi) is 4.98. The molecular formula is C16H22N4O. The Balaban J connectivity index is 1.96. The highest BCUT2D eigenvalue weighted by Gasteiger charge is 2.10. The third-order valence-electron chi connectivity index (χ3n) is 3.18. The average molecular weight is 286 g/mol. The fourth-order valence-corrected chi connectivity index (χ4v) is 2.16. The zero-order valence-electron chi connectivity index (χ0n) is 12.8. The maximum atomic E-state index is 12.3. The highest BCUT2D eigenvalue weighted by atomic mass is 16.1. The summed E-state index contributed by atoms with van der Waals surface area (Å²) >= 11 is 0. The van der Waals surface area contributed by atoms with Gasteiger partial charge < -0.3 is 10.6 Å². The third-order valence-corrected chi connectivity index (χ3v) is 3.18. The molecule has 5 heteroatoms. The first kappa shape index (κ1) is 15.1. The molecule has 0 saturated heterocycles. The molecule has 2 N–H and O–H groups in total. The number of carbonyl (C=O) groups excluding carboxylic acids is 1. The molecule has 1 aromatic heterocycles. The molecule has 2 rings (SSSR count). The molecular weight excluding hydrogens is 264 g/mol. The van der Waals surface area contributed by atoms with E-state index in [1.807, 2.05) is 56.0 Å². The minimum atomic E-state index is -0.0603. The number of carbonyl (C=O) groups is 1. The first-order chi connectivity index (χ1) is 10.1.